The maximum Gasteiger partial charge on any atom is 0.137 e. The molecule has 4 aromatic rings. The van der Waals surface area contributed by atoms with Gasteiger partial charge in [-0.15, -0.1) is 0 Å². The summed E-state index contributed by atoms with van der Waals surface area (Å²) in [6.07, 6.45) is 4.51. The van der Waals surface area contributed by atoms with Gasteiger partial charge in [0.2, 0.25) is 0 Å². The lowest BCUT2D eigenvalue weighted by Crippen LogP contribution is -2.22. The van der Waals surface area contributed by atoms with E-state index < -0.39 is 17.6 Å². The third-order valence-corrected chi connectivity index (χ3v) is 4.74. The van der Waals surface area contributed by atoms with E-state index in [9.17, 15) is 13.2 Å². The molecule has 2 aromatic carbocycles. The van der Waals surface area contributed by atoms with Crippen molar-refractivity contribution in [3.63, 3.8) is 0 Å². The van der Waals surface area contributed by atoms with E-state index in [1.165, 1.54) is 36.9 Å². The number of hydrogen-bond donors (Lipinski definition) is 0. The van der Waals surface area contributed by atoms with Gasteiger partial charge >= 0.3 is 0 Å². The fourth-order valence-electron chi connectivity index (χ4n) is 3.36. The predicted molar refractivity (Wildman–Crippen MR) is 93.5 cm³/mol. The van der Waals surface area contributed by atoms with Gasteiger partial charge in [-0.2, -0.15) is 10.2 Å². The Morgan fingerprint density at radius 3 is 2.52 bits per heavy atom. The van der Waals surface area contributed by atoms with Gasteiger partial charge in [0, 0.05) is 17.4 Å². The maximum absolute atomic E-state index is 14.5. The molecule has 0 saturated heterocycles. The zero-order valence-corrected chi connectivity index (χ0v) is 14.4. The van der Waals surface area contributed by atoms with Gasteiger partial charge in [-0.05, 0) is 36.8 Å². The number of nitrogens with zero attached hydrogens (tertiary/aromatic N) is 5. The Bertz CT molecular complexity index is 1070. The van der Waals surface area contributed by atoms with E-state index in [1.54, 1.807) is 21.6 Å². The standard InChI is InChI=1S/C19H16F3N5/c1-12(27-19-5-3-14(20)6-13(19)8-24-27)17(9-26-11-23-10-25-26)16-4-2-15(21)7-18(16)22/h2-8,10-12,17H,9H2,1H3/t12-,17-/m1/s1. The second kappa shape index (κ2) is 6.86. The number of halogens is 3. The van der Waals surface area contributed by atoms with Gasteiger partial charge < -0.3 is 0 Å². The highest BCUT2D eigenvalue weighted by molar-refractivity contribution is 5.78. The van der Waals surface area contributed by atoms with Crippen LogP contribution in [0.15, 0.2) is 55.2 Å². The van der Waals surface area contributed by atoms with E-state index >= 15 is 0 Å². The summed E-state index contributed by atoms with van der Waals surface area (Å²) in [6, 6.07) is 7.63. The van der Waals surface area contributed by atoms with Crippen molar-refractivity contribution < 1.29 is 13.2 Å². The number of benzene rings is 2. The average Bonchev–Trinajstić information content (AvgIpc) is 3.29. The Balaban J connectivity index is 1.79. The van der Waals surface area contributed by atoms with Gasteiger partial charge in [0.1, 0.15) is 30.1 Å². The van der Waals surface area contributed by atoms with Gasteiger partial charge in [0.05, 0.1) is 24.3 Å². The summed E-state index contributed by atoms with van der Waals surface area (Å²) in [5, 5.41) is 9.12. The van der Waals surface area contributed by atoms with Crippen LogP contribution in [-0.4, -0.2) is 24.5 Å². The summed E-state index contributed by atoms with van der Waals surface area (Å²) in [4.78, 5) is 3.92. The van der Waals surface area contributed by atoms with Crippen LogP contribution in [0.2, 0.25) is 0 Å². The lowest BCUT2D eigenvalue weighted by molar-refractivity contribution is 0.357. The van der Waals surface area contributed by atoms with E-state index in [4.69, 9.17) is 0 Å². The minimum absolute atomic E-state index is 0.308. The van der Waals surface area contributed by atoms with Crippen molar-refractivity contribution in [1.29, 1.82) is 0 Å². The normalized spacial score (nSPS) is 13.8. The molecule has 0 spiro atoms. The summed E-state index contributed by atoms with van der Waals surface area (Å²) >= 11 is 0. The lowest BCUT2D eigenvalue weighted by Gasteiger charge is -2.26. The first-order valence-corrected chi connectivity index (χ1v) is 8.43. The van der Waals surface area contributed by atoms with Crippen LogP contribution in [-0.2, 0) is 6.54 Å². The van der Waals surface area contributed by atoms with Crippen LogP contribution >= 0.6 is 0 Å². The molecule has 2 atom stereocenters. The molecule has 0 amide bonds. The van der Waals surface area contributed by atoms with E-state index in [-0.39, 0.29) is 11.9 Å². The summed E-state index contributed by atoms with van der Waals surface area (Å²) in [6.45, 7) is 2.21. The van der Waals surface area contributed by atoms with Crippen molar-refractivity contribution in [1.82, 2.24) is 24.5 Å². The summed E-state index contributed by atoms with van der Waals surface area (Å²) in [5.41, 5.74) is 1.08. The van der Waals surface area contributed by atoms with Crippen LogP contribution in [0, 0.1) is 17.5 Å². The lowest BCUT2D eigenvalue weighted by atomic mass is 9.91. The number of hydrogen-bond acceptors (Lipinski definition) is 3. The molecule has 0 saturated carbocycles. The molecule has 5 nitrogen and oxygen atoms in total. The zero-order chi connectivity index (χ0) is 19.0. The number of fused-ring (bicyclic) bond motifs is 1. The van der Waals surface area contributed by atoms with Crippen molar-refractivity contribution in [3.05, 3.63) is 78.3 Å². The van der Waals surface area contributed by atoms with Gasteiger partial charge in [-0.1, -0.05) is 6.07 Å². The molecular formula is C19H16F3N5. The monoisotopic (exact) mass is 371 g/mol. The van der Waals surface area contributed by atoms with E-state index in [1.807, 2.05) is 6.92 Å². The van der Waals surface area contributed by atoms with E-state index in [0.29, 0.717) is 17.5 Å². The minimum atomic E-state index is -0.636. The van der Waals surface area contributed by atoms with Crippen molar-refractivity contribution in [2.75, 3.05) is 0 Å². The molecular weight excluding hydrogens is 355 g/mol. The molecule has 0 bridgehead atoms. The van der Waals surface area contributed by atoms with E-state index in [0.717, 1.165) is 11.6 Å². The summed E-state index contributed by atoms with van der Waals surface area (Å²) < 4.78 is 44.7. The molecule has 0 radical (unpaired) electrons. The molecule has 0 aliphatic rings. The number of aromatic nitrogens is 5. The van der Waals surface area contributed by atoms with Crippen molar-refractivity contribution in [2.45, 2.75) is 25.4 Å². The van der Waals surface area contributed by atoms with Gasteiger partial charge in [0.15, 0.2) is 0 Å². The Hall–Kier alpha value is -3.16. The predicted octanol–water partition coefficient (Wildman–Crippen LogP) is 4.09. The first kappa shape index (κ1) is 17.3. The highest BCUT2D eigenvalue weighted by Gasteiger charge is 2.26. The third kappa shape index (κ3) is 3.30. The molecule has 0 aliphatic carbocycles. The second-order valence-electron chi connectivity index (χ2n) is 6.42. The Morgan fingerprint density at radius 2 is 1.78 bits per heavy atom. The maximum atomic E-state index is 14.5. The highest BCUT2D eigenvalue weighted by atomic mass is 19.1. The first-order chi connectivity index (χ1) is 13.0. The Labute approximate surface area is 153 Å². The smallest absolute Gasteiger partial charge is 0.137 e. The molecule has 2 aromatic heterocycles. The van der Waals surface area contributed by atoms with Crippen LogP contribution < -0.4 is 0 Å². The molecule has 0 N–H and O–H groups in total. The Morgan fingerprint density at radius 1 is 1.00 bits per heavy atom. The fourth-order valence-corrected chi connectivity index (χ4v) is 3.36. The van der Waals surface area contributed by atoms with Crippen LogP contribution in [0.4, 0.5) is 13.2 Å². The Kier molecular flexibility index (Phi) is 4.39. The van der Waals surface area contributed by atoms with Crippen molar-refractivity contribution >= 4 is 10.9 Å². The quantitative estimate of drug-likeness (QED) is 0.531. The first-order valence-electron chi connectivity index (χ1n) is 8.43. The molecule has 4 rings (SSSR count). The van der Waals surface area contributed by atoms with Crippen molar-refractivity contribution in [3.8, 4) is 0 Å². The fraction of sp³-hybridized carbons (Fsp3) is 0.211. The van der Waals surface area contributed by atoms with Gasteiger partial charge in [0.25, 0.3) is 0 Å². The molecule has 27 heavy (non-hydrogen) atoms. The SMILES string of the molecule is C[C@H]([C@@H](Cn1cncn1)c1ccc(F)cc1F)n1ncc2cc(F)ccc21. The van der Waals surface area contributed by atoms with Crippen LogP contribution in [0.25, 0.3) is 10.9 Å². The van der Waals surface area contributed by atoms with Crippen molar-refractivity contribution in [2.24, 2.45) is 0 Å². The molecule has 0 fully saturated rings. The topological polar surface area (TPSA) is 48.5 Å². The molecule has 0 unspecified atom stereocenters. The molecule has 0 aliphatic heterocycles. The van der Waals surface area contributed by atoms with E-state index in [2.05, 4.69) is 15.2 Å². The third-order valence-electron chi connectivity index (χ3n) is 4.74. The number of rotatable bonds is 5. The van der Waals surface area contributed by atoms with Crippen LogP contribution in [0.5, 0.6) is 0 Å². The van der Waals surface area contributed by atoms with Gasteiger partial charge in [-0.25, -0.2) is 18.2 Å². The summed E-state index contributed by atoms with van der Waals surface area (Å²) in [7, 11) is 0. The highest BCUT2D eigenvalue weighted by Crippen LogP contribution is 2.33. The zero-order valence-electron chi connectivity index (χ0n) is 14.4. The average molecular weight is 371 g/mol. The molecule has 8 heteroatoms. The summed E-state index contributed by atoms with van der Waals surface area (Å²) in [5.74, 6) is -2.02. The molecule has 2 heterocycles. The van der Waals surface area contributed by atoms with Crippen LogP contribution in [0.3, 0.4) is 0 Å². The minimum Gasteiger partial charge on any atom is -0.261 e. The molecule has 138 valence electrons. The second-order valence-corrected chi connectivity index (χ2v) is 6.42. The van der Waals surface area contributed by atoms with Gasteiger partial charge in [-0.3, -0.25) is 9.36 Å². The largest absolute Gasteiger partial charge is 0.261 e. The van der Waals surface area contributed by atoms with Crippen LogP contribution in [0.1, 0.15) is 24.4 Å².